The van der Waals surface area contributed by atoms with Gasteiger partial charge in [-0.1, -0.05) is 0 Å². The van der Waals surface area contributed by atoms with Gasteiger partial charge in [-0.3, -0.25) is 0 Å². The van der Waals surface area contributed by atoms with E-state index in [0.717, 1.165) is 19.3 Å². The Bertz CT molecular complexity index is 112. The molecule has 66 valence electrons. The maximum atomic E-state index is 5.66. The van der Waals surface area contributed by atoms with Gasteiger partial charge in [0.05, 0.1) is 18.3 Å². The van der Waals surface area contributed by atoms with Crippen LogP contribution in [0.1, 0.15) is 33.1 Å². The van der Waals surface area contributed by atoms with Gasteiger partial charge in [0.2, 0.25) is 0 Å². The van der Waals surface area contributed by atoms with Crippen LogP contribution in [0.5, 0.6) is 0 Å². The summed E-state index contributed by atoms with van der Waals surface area (Å²) in [7, 11) is 1.78. The smallest absolute Gasteiger partial charge is 0.0604 e. The Morgan fingerprint density at radius 2 is 1.82 bits per heavy atom. The topological polar surface area (TPSA) is 18.5 Å². The quantitative estimate of drug-likeness (QED) is 0.625. The maximum Gasteiger partial charge on any atom is 0.0604 e. The molecule has 0 aromatic heterocycles. The molecule has 2 heteroatoms. The summed E-state index contributed by atoms with van der Waals surface area (Å²) < 4.78 is 10.9. The van der Waals surface area contributed by atoms with Crippen molar-refractivity contribution in [1.82, 2.24) is 0 Å². The summed E-state index contributed by atoms with van der Waals surface area (Å²) in [6.45, 7) is 4.17. The minimum atomic E-state index is 0.357. The summed E-state index contributed by atoms with van der Waals surface area (Å²) in [6.07, 6.45) is 4.65. The molecule has 2 atom stereocenters. The van der Waals surface area contributed by atoms with Gasteiger partial charge in [-0.05, 0) is 33.1 Å². The Labute approximate surface area is 68.9 Å². The van der Waals surface area contributed by atoms with E-state index >= 15 is 0 Å². The average Bonchev–Trinajstić information content (AvgIpc) is 2.34. The number of methoxy groups -OCH3 is 1. The van der Waals surface area contributed by atoms with Crippen molar-refractivity contribution in [3.05, 3.63) is 0 Å². The molecular formula is C9H18O2. The summed E-state index contributed by atoms with van der Waals surface area (Å²) in [5.74, 6) is 0. The zero-order valence-electron chi connectivity index (χ0n) is 7.67. The van der Waals surface area contributed by atoms with Crippen LogP contribution in [-0.2, 0) is 9.47 Å². The molecule has 0 spiro atoms. The normalized spacial score (nSPS) is 31.6. The standard InChI is InChI=1S/C9H18O2/c1-7(2)11-9-5-4-8(6-9)10-3/h7-9H,4-6H2,1-3H3. The van der Waals surface area contributed by atoms with E-state index < -0.39 is 0 Å². The van der Waals surface area contributed by atoms with Crippen LogP contribution >= 0.6 is 0 Å². The number of hydrogen-bond donors (Lipinski definition) is 0. The second-order valence-corrected chi connectivity index (χ2v) is 3.48. The Balaban J connectivity index is 2.19. The van der Waals surface area contributed by atoms with E-state index in [1.54, 1.807) is 7.11 Å². The molecule has 0 bridgehead atoms. The molecule has 0 aromatic rings. The van der Waals surface area contributed by atoms with Crippen LogP contribution in [-0.4, -0.2) is 25.4 Å². The molecule has 1 aliphatic rings. The molecule has 1 rings (SSSR count). The van der Waals surface area contributed by atoms with Gasteiger partial charge in [0.1, 0.15) is 0 Å². The highest BCUT2D eigenvalue weighted by Crippen LogP contribution is 2.24. The first-order valence-electron chi connectivity index (χ1n) is 4.40. The summed E-state index contributed by atoms with van der Waals surface area (Å²) in [4.78, 5) is 0. The molecule has 1 aliphatic carbocycles. The van der Waals surface area contributed by atoms with Crippen LogP contribution < -0.4 is 0 Å². The highest BCUT2D eigenvalue weighted by Gasteiger charge is 2.25. The fraction of sp³-hybridized carbons (Fsp3) is 1.00. The average molecular weight is 158 g/mol. The highest BCUT2D eigenvalue weighted by molar-refractivity contribution is 4.76. The second kappa shape index (κ2) is 4.07. The van der Waals surface area contributed by atoms with Crippen molar-refractivity contribution in [2.24, 2.45) is 0 Å². The van der Waals surface area contributed by atoms with Gasteiger partial charge < -0.3 is 9.47 Å². The van der Waals surface area contributed by atoms with E-state index in [1.165, 1.54) is 0 Å². The molecule has 0 aromatic carbocycles. The van der Waals surface area contributed by atoms with Crippen molar-refractivity contribution >= 4 is 0 Å². The SMILES string of the molecule is COC1CCC(OC(C)C)C1. The van der Waals surface area contributed by atoms with Gasteiger partial charge in [0.25, 0.3) is 0 Å². The first-order chi connectivity index (χ1) is 5.22. The van der Waals surface area contributed by atoms with E-state index in [1.807, 2.05) is 0 Å². The third-order valence-corrected chi connectivity index (χ3v) is 2.13. The molecule has 11 heavy (non-hydrogen) atoms. The lowest BCUT2D eigenvalue weighted by atomic mass is 10.3. The van der Waals surface area contributed by atoms with Gasteiger partial charge in [-0.25, -0.2) is 0 Å². The molecule has 0 saturated heterocycles. The molecule has 0 radical (unpaired) electrons. The summed E-state index contributed by atoms with van der Waals surface area (Å²) in [5, 5.41) is 0. The molecule has 0 aliphatic heterocycles. The predicted octanol–water partition coefficient (Wildman–Crippen LogP) is 1.98. The number of rotatable bonds is 3. The number of hydrogen-bond acceptors (Lipinski definition) is 2. The van der Waals surface area contributed by atoms with Crippen molar-refractivity contribution in [3.8, 4) is 0 Å². The van der Waals surface area contributed by atoms with Crippen molar-refractivity contribution < 1.29 is 9.47 Å². The van der Waals surface area contributed by atoms with E-state index in [-0.39, 0.29) is 0 Å². The van der Waals surface area contributed by atoms with Crippen molar-refractivity contribution in [1.29, 1.82) is 0 Å². The molecule has 0 N–H and O–H groups in total. The van der Waals surface area contributed by atoms with Crippen molar-refractivity contribution in [2.45, 2.75) is 51.4 Å². The first-order valence-corrected chi connectivity index (χ1v) is 4.40. The van der Waals surface area contributed by atoms with Gasteiger partial charge >= 0.3 is 0 Å². The van der Waals surface area contributed by atoms with Crippen LogP contribution in [0.25, 0.3) is 0 Å². The lowest BCUT2D eigenvalue weighted by molar-refractivity contribution is 0.00120. The van der Waals surface area contributed by atoms with Crippen LogP contribution in [0.2, 0.25) is 0 Å². The zero-order valence-corrected chi connectivity index (χ0v) is 7.67. The van der Waals surface area contributed by atoms with E-state index in [9.17, 15) is 0 Å². The first kappa shape index (κ1) is 9.01. The monoisotopic (exact) mass is 158 g/mol. The fourth-order valence-electron chi connectivity index (χ4n) is 1.62. The molecule has 1 saturated carbocycles. The fourth-order valence-corrected chi connectivity index (χ4v) is 1.62. The van der Waals surface area contributed by atoms with Gasteiger partial charge in [-0.2, -0.15) is 0 Å². The lowest BCUT2D eigenvalue weighted by Gasteiger charge is -2.14. The van der Waals surface area contributed by atoms with Crippen molar-refractivity contribution in [2.75, 3.05) is 7.11 Å². The van der Waals surface area contributed by atoms with Crippen LogP contribution in [0.4, 0.5) is 0 Å². The minimum absolute atomic E-state index is 0.357. The largest absolute Gasteiger partial charge is 0.381 e. The van der Waals surface area contributed by atoms with Crippen LogP contribution in [0.15, 0.2) is 0 Å². The predicted molar refractivity (Wildman–Crippen MR) is 44.7 cm³/mol. The van der Waals surface area contributed by atoms with Gasteiger partial charge in [0, 0.05) is 7.11 Å². The molecule has 1 fully saturated rings. The highest BCUT2D eigenvalue weighted by atomic mass is 16.5. The van der Waals surface area contributed by atoms with E-state index in [0.29, 0.717) is 18.3 Å². The Hall–Kier alpha value is -0.0800. The van der Waals surface area contributed by atoms with Crippen LogP contribution in [0.3, 0.4) is 0 Å². The van der Waals surface area contributed by atoms with Crippen molar-refractivity contribution in [3.63, 3.8) is 0 Å². The van der Waals surface area contributed by atoms with Gasteiger partial charge in [0.15, 0.2) is 0 Å². The summed E-state index contributed by atoms with van der Waals surface area (Å²) >= 11 is 0. The molecule has 2 nitrogen and oxygen atoms in total. The third-order valence-electron chi connectivity index (χ3n) is 2.13. The minimum Gasteiger partial charge on any atom is -0.381 e. The molecule has 0 amide bonds. The maximum absolute atomic E-state index is 5.66. The summed E-state index contributed by atoms with van der Waals surface area (Å²) in [6, 6.07) is 0. The van der Waals surface area contributed by atoms with E-state index in [4.69, 9.17) is 9.47 Å². The van der Waals surface area contributed by atoms with Gasteiger partial charge in [-0.15, -0.1) is 0 Å². The third kappa shape index (κ3) is 2.80. The second-order valence-electron chi connectivity index (χ2n) is 3.48. The zero-order chi connectivity index (χ0) is 8.27. The Morgan fingerprint density at radius 3 is 2.27 bits per heavy atom. The molecular weight excluding hydrogens is 140 g/mol. The van der Waals surface area contributed by atoms with Crippen LogP contribution in [0, 0.1) is 0 Å². The molecule has 2 unspecified atom stereocenters. The summed E-state index contributed by atoms with van der Waals surface area (Å²) in [5.41, 5.74) is 0. The molecule has 0 heterocycles. The number of ether oxygens (including phenoxy) is 2. The van der Waals surface area contributed by atoms with E-state index in [2.05, 4.69) is 13.8 Å². The lowest BCUT2D eigenvalue weighted by Crippen LogP contribution is -2.15. The Kier molecular flexibility index (Phi) is 3.34. The Morgan fingerprint density at radius 1 is 1.18 bits per heavy atom.